The number of rotatable bonds is 6. The highest BCUT2D eigenvalue weighted by atomic mass is 32.2. The average Bonchev–Trinajstić information content (AvgIpc) is 2.45. The second kappa shape index (κ2) is 6.30. The van der Waals surface area contributed by atoms with Crippen LogP contribution < -0.4 is 4.72 Å². The largest absolute Gasteiger partial charge is 0.392 e. The Labute approximate surface area is 118 Å². The molecule has 0 bridgehead atoms. The van der Waals surface area contributed by atoms with Gasteiger partial charge in [0.2, 0.25) is 10.0 Å². The lowest BCUT2D eigenvalue weighted by Crippen LogP contribution is -2.32. The molecule has 5 nitrogen and oxygen atoms in total. The molecule has 2 N–H and O–H groups in total. The van der Waals surface area contributed by atoms with Gasteiger partial charge in [-0.3, -0.25) is 4.98 Å². The van der Waals surface area contributed by atoms with Crippen LogP contribution in [0.1, 0.15) is 19.8 Å². The van der Waals surface area contributed by atoms with Gasteiger partial charge in [0.05, 0.1) is 16.5 Å². The molecule has 1 unspecified atom stereocenters. The molecule has 20 heavy (non-hydrogen) atoms. The summed E-state index contributed by atoms with van der Waals surface area (Å²) in [5, 5.41) is 10.2. The summed E-state index contributed by atoms with van der Waals surface area (Å²) in [7, 11) is -3.65. The van der Waals surface area contributed by atoms with Crippen molar-refractivity contribution in [2.24, 2.45) is 0 Å². The monoisotopic (exact) mass is 294 g/mol. The third-order valence-electron chi connectivity index (χ3n) is 3.03. The Kier molecular flexibility index (Phi) is 4.69. The van der Waals surface area contributed by atoms with Crippen molar-refractivity contribution in [3.63, 3.8) is 0 Å². The lowest BCUT2D eigenvalue weighted by Gasteiger charge is -2.12. The van der Waals surface area contributed by atoms with Gasteiger partial charge in [-0.15, -0.1) is 0 Å². The van der Waals surface area contributed by atoms with Crippen molar-refractivity contribution in [2.75, 3.05) is 6.54 Å². The molecule has 0 aliphatic carbocycles. The molecule has 108 valence electrons. The van der Waals surface area contributed by atoms with Crippen LogP contribution >= 0.6 is 0 Å². The Morgan fingerprint density at radius 2 is 2.10 bits per heavy atom. The molecular formula is C14H18N2O3S. The zero-order valence-corrected chi connectivity index (χ0v) is 12.1. The van der Waals surface area contributed by atoms with Gasteiger partial charge >= 0.3 is 0 Å². The smallest absolute Gasteiger partial charge is 0.241 e. The molecule has 1 aromatic carbocycles. The third kappa shape index (κ3) is 3.33. The first-order valence-corrected chi connectivity index (χ1v) is 8.04. The highest BCUT2D eigenvalue weighted by molar-refractivity contribution is 7.89. The normalized spacial score (nSPS) is 13.5. The molecule has 1 atom stereocenters. The fourth-order valence-corrected chi connectivity index (χ4v) is 3.32. The molecule has 0 spiro atoms. The number of hydrogen-bond donors (Lipinski definition) is 2. The number of nitrogens with one attached hydrogen (secondary N) is 1. The molecule has 1 heterocycles. The number of aliphatic hydroxyl groups excluding tert-OH is 1. The highest BCUT2D eigenvalue weighted by Crippen LogP contribution is 2.20. The molecule has 2 aromatic rings. The summed E-state index contributed by atoms with van der Waals surface area (Å²) in [4.78, 5) is 4.33. The van der Waals surface area contributed by atoms with E-state index in [4.69, 9.17) is 0 Å². The maximum atomic E-state index is 12.3. The Bertz CT molecular complexity index is 680. The topological polar surface area (TPSA) is 79.3 Å². The Morgan fingerprint density at radius 1 is 1.30 bits per heavy atom. The molecule has 0 amide bonds. The standard InChI is InChI=1S/C14H18N2O3S/c1-2-5-11(17)10-16-20(18,19)14-8-3-7-13-12(14)6-4-9-15-13/h3-4,6-9,11,16-17H,2,5,10H2,1H3. The van der Waals surface area contributed by atoms with Gasteiger partial charge < -0.3 is 5.11 Å². The fraction of sp³-hybridized carbons (Fsp3) is 0.357. The van der Waals surface area contributed by atoms with E-state index in [1.165, 1.54) is 0 Å². The van der Waals surface area contributed by atoms with Crippen LogP contribution in [-0.2, 0) is 10.0 Å². The maximum Gasteiger partial charge on any atom is 0.241 e. The third-order valence-corrected chi connectivity index (χ3v) is 4.51. The van der Waals surface area contributed by atoms with E-state index in [0.717, 1.165) is 6.42 Å². The summed E-state index contributed by atoms with van der Waals surface area (Å²) in [6.45, 7) is 1.96. The molecule has 0 saturated heterocycles. The van der Waals surface area contributed by atoms with Crippen LogP contribution in [0.2, 0.25) is 0 Å². The molecule has 1 aromatic heterocycles. The Hall–Kier alpha value is -1.50. The van der Waals surface area contributed by atoms with Gasteiger partial charge in [0.25, 0.3) is 0 Å². The molecule has 0 aliphatic rings. The van der Waals surface area contributed by atoms with Crippen molar-refractivity contribution in [2.45, 2.75) is 30.8 Å². The second-order valence-electron chi connectivity index (χ2n) is 4.62. The minimum absolute atomic E-state index is 0.0207. The van der Waals surface area contributed by atoms with Crippen LogP contribution in [0.4, 0.5) is 0 Å². The molecule has 0 saturated carbocycles. The first-order valence-electron chi connectivity index (χ1n) is 6.56. The zero-order chi connectivity index (χ0) is 14.6. The Morgan fingerprint density at radius 3 is 2.85 bits per heavy atom. The van der Waals surface area contributed by atoms with Crippen LogP contribution in [0, 0.1) is 0 Å². The van der Waals surface area contributed by atoms with Gasteiger partial charge in [0.1, 0.15) is 0 Å². The molecule has 6 heteroatoms. The molecule has 0 aliphatic heterocycles. The van der Waals surface area contributed by atoms with E-state index in [9.17, 15) is 13.5 Å². The summed E-state index contributed by atoms with van der Waals surface area (Å²) in [6, 6.07) is 8.39. The quantitative estimate of drug-likeness (QED) is 0.849. The van der Waals surface area contributed by atoms with Gasteiger partial charge in [0.15, 0.2) is 0 Å². The van der Waals surface area contributed by atoms with Gasteiger partial charge in [0, 0.05) is 18.1 Å². The first kappa shape index (κ1) is 14.9. The average molecular weight is 294 g/mol. The van der Waals surface area contributed by atoms with Crippen LogP contribution in [-0.4, -0.2) is 31.2 Å². The minimum Gasteiger partial charge on any atom is -0.392 e. The number of nitrogens with zero attached hydrogens (tertiary/aromatic N) is 1. The second-order valence-corrected chi connectivity index (χ2v) is 6.36. The van der Waals surface area contributed by atoms with Crippen LogP contribution in [0.3, 0.4) is 0 Å². The zero-order valence-electron chi connectivity index (χ0n) is 11.3. The van der Waals surface area contributed by atoms with Crippen LogP contribution in [0.5, 0.6) is 0 Å². The predicted molar refractivity (Wildman–Crippen MR) is 77.8 cm³/mol. The van der Waals surface area contributed by atoms with E-state index < -0.39 is 16.1 Å². The first-order chi connectivity index (χ1) is 9.54. The minimum atomic E-state index is -3.65. The molecule has 2 rings (SSSR count). The fourth-order valence-electron chi connectivity index (χ4n) is 2.03. The van der Waals surface area contributed by atoms with E-state index in [1.807, 2.05) is 6.92 Å². The summed E-state index contributed by atoms with van der Waals surface area (Å²) in [5.41, 5.74) is 0.629. The van der Waals surface area contributed by atoms with Crippen molar-refractivity contribution in [3.05, 3.63) is 36.5 Å². The van der Waals surface area contributed by atoms with Crippen molar-refractivity contribution < 1.29 is 13.5 Å². The number of sulfonamides is 1. The van der Waals surface area contributed by atoms with Crippen molar-refractivity contribution in [3.8, 4) is 0 Å². The van der Waals surface area contributed by atoms with Gasteiger partial charge in [-0.05, 0) is 30.7 Å². The Balaban J connectivity index is 2.28. The number of aromatic nitrogens is 1. The predicted octanol–water partition coefficient (Wildman–Crippen LogP) is 1.67. The molecule has 0 radical (unpaired) electrons. The van der Waals surface area contributed by atoms with Gasteiger partial charge in [-0.2, -0.15) is 0 Å². The number of fused-ring (bicyclic) bond motifs is 1. The number of hydrogen-bond acceptors (Lipinski definition) is 4. The van der Waals surface area contributed by atoms with Gasteiger partial charge in [-0.1, -0.05) is 19.4 Å². The van der Waals surface area contributed by atoms with E-state index >= 15 is 0 Å². The SMILES string of the molecule is CCCC(O)CNS(=O)(=O)c1cccc2ncccc12. The number of pyridine rings is 1. The van der Waals surface area contributed by atoms with Crippen molar-refractivity contribution in [1.82, 2.24) is 9.71 Å². The maximum absolute atomic E-state index is 12.3. The van der Waals surface area contributed by atoms with E-state index in [2.05, 4.69) is 9.71 Å². The van der Waals surface area contributed by atoms with E-state index in [-0.39, 0.29) is 11.4 Å². The summed E-state index contributed by atoms with van der Waals surface area (Å²) in [5.74, 6) is 0. The van der Waals surface area contributed by atoms with Crippen LogP contribution in [0.25, 0.3) is 10.9 Å². The van der Waals surface area contributed by atoms with Crippen molar-refractivity contribution in [1.29, 1.82) is 0 Å². The van der Waals surface area contributed by atoms with E-state index in [1.54, 1.807) is 36.5 Å². The summed E-state index contributed by atoms with van der Waals surface area (Å²) >= 11 is 0. The summed E-state index contributed by atoms with van der Waals surface area (Å²) < 4.78 is 27.1. The number of aliphatic hydroxyl groups is 1. The van der Waals surface area contributed by atoms with Crippen LogP contribution in [0.15, 0.2) is 41.4 Å². The van der Waals surface area contributed by atoms with Crippen molar-refractivity contribution >= 4 is 20.9 Å². The highest BCUT2D eigenvalue weighted by Gasteiger charge is 2.18. The number of benzene rings is 1. The molecule has 0 fully saturated rings. The van der Waals surface area contributed by atoms with Gasteiger partial charge in [-0.25, -0.2) is 13.1 Å². The lowest BCUT2D eigenvalue weighted by atomic mass is 10.2. The summed E-state index contributed by atoms with van der Waals surface area (Å²) in [6.07, 6.45) is 2.33. The lowest BCUT2D eigenvalue weighted by molar-refractivity contribution is 0.167. The molecular weight excluding hydrogens is 276 g/mol. The van der Waals surface area contributed by atoms with E-state index in [0.29, 0.717) is 17.3 Å².